The van der Waals surface area contributed by atoms with E-state index in [1.807, 2.05) is 6.92 Å². The minimum atomic E-state index is -1.50. The van der Waals surface area contributed by atoms with Crippen LogP contribution in [0.3, 0.4) is 0 Å². The van der Waals surface area contributed by atoms with E-state index in [1.54, 1.807) is 0 Å². The predicted molar refractivity (Wildman–Crippen MR) is 72.6 cm³/mol. The molecule has 0 bridgehead atoms. The molecule has 0 unspecified atom stereocenters. The Hall–Kier alpha value is -2.09. The van der Waals surface area contributed by atoms with E-state index in [4.69, 9.17) is 10.2 Å². The molecule has 2 N–H and O–H groups in total. The fourth-order valence-electron chi connectivity index (χ4n) is 1.54. The first-order valence-electron chi connectivity index (χ1n) is 5.80. The van der Waals surface area contributed by atoms with Crippen LogP contribution in [-0.2, 0) is 0 Å². The molecule has 0 radical (unpaired) electrons. The van der Waals surface area contributed by atoms with E-state index in [-0.39, 0.29) is 4.90 Å². The van der Waals surface area contributed by atoms with Crippen molar-refractivity contribution in [3.05, 3.63) is 33.4 Å². The number of carboxylic acid groups (broad SMARTS) is 2. The molecule has 0 saturated heterocycles. The highest BCUT2D eigenvalue weighted by atomic mass is 32.2. The van der Waals surface area contributed by atoms with E-state index in [1.165, 1.54) is 0 Å². The zero-order valence-corrected chi connectivity index (χ0v) is 11.5. The Balaban J connectivity index is 3.38. The molecule has 1 aromatic rings. The first kappa shape index (κ1) is 16.0. The van der Waals surface area contributed by atoms with Gasteiger partial charge in [-0.1, -0.05) is 13.3 Å². The minimum absolute atomic E-state index is 0.109. The van der Waals surface area contributed by atoms with E-state index in [9.17, 15) is 19.7 Å². The second-order valence-corrected chi connectivity index (χ2v) is 5.07. The van der Waals surface area contributed by atoms with Crippen molar-refractivity contribution in [2.75, 3.05) is 5.75 Å². The fraction of sp³-hybridized carbons (Fsp3) is 0.333. The fourth-order valence-corrected chi connectivity index (χ4v) is 2.73. The zero-order chi connectivity index (χ0) is 15.3. The summed E-state index contributed by atoms with van der Waals surface area (Å²) in [5.74, 6) is -2.34. The normalized spacial score (nSPS) is 10.2. The van der Waals surface area contributed by atoms with Gasteiger partial charge in [-0.25, -0.2) is 9.59 Å². The number of thioether (sulfide) groups is 1. The van der Waals surface area contributed by atoms with Crippen molar-refractivity contribution in [1.29, 1.82) is 0 Å². The van der Waals surface area contributed by atoms with Gasteiger partial charge in [0.05, 0.1) is 16.1 Å². The number of benzene rings is 1. The van der Waals surface area contributed by atoms with E-state index in [2.05, 4.69) is 0 Å². The number of rotatable bonds is 7. The molecule has 1 rings (SSSR count). The SMILES string of the molecule is CCCCSc1cc([N+](=O)[O-])cc(C(=O)O)c1C(=O)O. The average molecular weight is 299 g/mol. The highest BCUT2D eigenvalue weighted by Crippen LogP contribution is 2.31. The van der Waals surface area contributed by atoms with Crippen molar-refractivity contribution < 1.29 is 24.7 Å². The van der Waals surface area contributed by atoms with Gasteiger partial charge in [0.2, 0.25) is 0 Å². The molecular formula is C12H13NO6S. The number of carboxylic acids is 2. The lowest BCUT2D eigenvalue weighted by Crippen LogP contribution is -2.11. The average Bonchev–Trinajstić information content (AvgIpc) is 2.37. The number of carbonyl (C=O) groups is 2. The van der Waals surface area contributed by atoms with Crippen LogP contribution in [0, 0.1) is 10.1 Å². The van der Waals surface area contributed by atoms with Crippen LogP contribution in [0.25, 0.3) is 0 Å². The topological polar surface area (TPSA) is 118 Å². The standard InChI is InChI=1S/C12H13NO6S/c1-2-3-4-20-9-6-7(13(18)19)5-8(11(14)15)10(9)12(16)17/h5-6H,2-4H2,1H3,(H,14,15)(H,16,17). The summed E-state index contributed by atoms with van der Waals surface area (Å²) in [5.41, 5.74) is -1.39. The molecule has 0 atom stereocenters. The number of nitro benzene ring substituents is 1. The highest BCUT2D eigenvalue weighted by Gasteiger charge is 2.25. The van der Waals surface area contributed by atoms with Gasteiger partial charge in [-0.2, -0.15) is 0 Å². The van der Waals surface area contributed by atoms with E-state index >= 15 is 0 Å². The van der Waals surface area contributed by atoms with Crippen molar-refractivity contribution >= 4 is 29.4 Å². The van der Waals surface area contributed by atoms with Crippen LogP contribution in [-0.4, -0.2) is 32.8 Å². The second-order valence-electron chi connectivity index (χ2n) is 3.94. The van der Waals surface area contributed by atoms with Crippen LogP contribution in [0.15, 0.2) is 17.0 Å². The van der Waals surface area contributed by atoms with Gasteiger partial charge in [0.1, 0.15) is 0 Å². The zero-order valence-electron chi connectivity index (χ0n) is 10.7. The Labute approximate surface area is 118 Å². The molecule has 0 heterocycles. The van der Waals surface area contributed by atoms with Gasteiger partial charge in [0.15, 0.2) is 0 Å². The summed E-state index contributed by atoms with van der Waals surface area (Å²) in [5, 5.41) is 29.0. The summed E-state index contributed by atoms with van der Waals surface area (Å²) in [6, 6.07) is 1.88. The largest absolute Gasteiger partial charge is 0.478 e. The van der Waals surface area contributed by atoms with Gasteiger partial charge < -0.3 is 10.2 Å². The van der Waals surface area contributed by atoms with Crippen molar-refractivity contribution in [3.63, 3.8) is 0 Å². The maximum atomic E-state index is 11.2. The first-order valence-corrected chi connectivity index (χ1v) is 6.78. The molecule has 1 aromatic carbocycles. The van der Waals surface area contributed by atoms with E-state index in [0.717, 1.165) is 36.7 Å². The number of nitrogens with zero attached hydrogens (tertiary/aromatic N) is 1. The van der Waals surface area contributed by atoms with Crippen LogP contribution >= 0.6 is 11.8 Å². The van der Waals surface area contributed by atoms with Crippen LogP contribution in [0.1, 0.15) is 40.5 Å². The first-order chi connectivity index (χ1) is 9.38. The van der Waals surface area contributed by atoms with Crippen molar-refractivity contribution in [3.8, 4) is 0 Å². The molecule has 8 heteroatoms. The van der Waals surface area contributed by atoms with E-state index in [0.29, 0.717) is 5.75 Å². The Bertz CT molecular complexity index is 557. The molecule has 7 nitrogen and oxygen atoms in total. The van der Waals surface area contributed by atoms with Crippen molar-refractivity contribution in [1.82, 2.24) is 0 Å². The molecular weight excluding hydrogens is 286 g/mol. The number of non-ortho nitro benzene ring substituents is 1. The number of unbranched alkanes of at least 4 members (excludes halogenated alkanes) is 1. The monoisotopic (exact) mass is 299 g/mol. The van der Waals surface area contributed by atoms with Gasteiger partial charge in [-0.3, -0.25) is 10.1 Å². The summed E-state index contributed by atoms with van der Waals surface area (Å²) in [4.78, 5) is 32.5. The summed E-state index contributed by atoms with van der Waals surface area (Å²) in [6.45, 7) is 1.95. The molecule has 0 fully saturated rings. The van der Waals surface area contributed by atoms with Crippen LogP contribution in [0.2, 0.25) is 0 Å². The van der Waals surface area contributed by atoms with Crippen LogP contribution in [0.5, 0.6) is 0 Å². The van der Waals surface area contributed by atoms with Gasteiger partial charge in [-0.15, -0.1) is 11.8 Å². The number of hydrogen-bond donors (Lipinski definition) is 2. The van der Waals surface area contributed by atoms with Crippen LogP contribution < -0.4 is 0 Å². The molecule has 0 aromatic heterocycles. The van der Waals surface area contributed by atoms with E-state index < -0.39 is 33.7 Å². The third kappa shape index (κ3) is 3.70. The minimum Gasteiger partial charge on any atom is -0.478 e. The van der Waals surface area contributed by atoms with Gasteiger partial charge in [0.25, 0.3) is 5.69 Å². The summed E-state index contributed by atoms with van der Waals surface area (Å²) < 4.78 is 0. The Morgan fingerprint density at radius 1 is 1.30 bits per heavy atom. The molecule has 0 aliphatic heterocycles. The van der Waals surface area contributed by atoms with Crippen molar-refractivity contribution in [2.45, 2.75) is 24.7 Å². The lowest BCUT2D eigenvalue weighted by Gasteiger charge is -2.08. The lowest BCUT2D eigenvalue weighted by molar-refractivity contribution is -0.385. The number of hydrogen-bond acceptors (Lipinski definition) is 5. The van der Waals surface area contributed by atoms with Gasteiger partial charge >= 0.3 is 11.9 Å². The predicted octanol–water partition coefficient (Wildman–Crippen LogP) is 2.88. The van der Waals surface area contributed by atoms with Gasteiger partial charge in [-0.05, 0) is 12.2 Å². The number of aromatic carboxylic acids is 2. The van der Waals surface area contributed by atoms with Gasteiger partial charge in [0, 0.05) is 17.0 Å². The van der Waals surface area contributed by atoms with Crippen LogP contribution in [0.4, 0.5) is 5.69 Å². The smallest absolute Gasteiger partial charge is 0.337 e. The quantitative estimate of drug-likeness (QED) is 0.344. The van der Waals surface area contributed by atoms with Crippen molar-refractivity contribution in [2.24, 2.45) is 0 Å². The Morgan fingerprint density at radius 2 is 1.95 bits per heavy atom. The summed E-state index contributed by atoms with van der Waals surface area (Å²) in [7, 11) is 0. The molecule has 0 spiro atoms. The Kier molecular flexibility index (Phi) is 5.51. The third-order valence-corrected chi connectivity index (χ3v) is 3.62. The highest BCUT2D eigenvalue weighted by molar-refractivity contribution is 7.99. The molecule has 0 saturated carbocycles. The lowest BCUT2D eigenvalue weighted by atomic mass is 10.1. The molecule has 0 amide bonds. The molecule has 0 aliphatic rings. The Morgan fingerprint density at radius 3 is 2.40 bits per heavy atom. The number of nitro groups is 1. The molecule has 20 heavy (non-hydrogen) atoms. The maximum absolute atomic E-state index is 11.2. The molecule has 108 valence electrons. The second kappa shape index (κ2) is 6.90. The summed E-state index contributed by atoms with van der Waals surface area (Å²) in [6.07, 6.45) is 1.69. The third-order valence-electron chi connectivity index (χ3n) is 2.50. The molecule has 0 aliphatic carbocycles. The summed E-state index contributed by atoms with van der Waals surface area (Å²) >= 11 is 1.11. The maximum Gasteiger partial charge on any atom is 0.337 e.